The van der Waals surface area contributed by atoms with Crippen molar-refractivity contribution in [2.75, 3.05) is 0 Å². The Labute approximate surface area is 113 Å². The van der Waals surface area contributed by atoms with Crippen LogP contribution in [0, 0.1) is 13.8 Å². The first-order valence-corrected chi connectivity index (χ1v) is 6.51. The van der Waals surface area contributed by atoms with Crippen LogP contribution in [-0.2, 0) is 11.2 Å². The summed E-state index contributed by atoms with van der Waals surface area (Å²) < 4.78 is 5.57. The van der Waals surface area contributed by atoms with Crippen LogP contribution >= 0.6 is 0 Å². The molecule has 0 amide bonds. The molecule has 0 N–H and O–H groups in total. The monoisotopic (exact) mass is 252 g/mol. The number of aryl methyl sites for hydroxylation is 2. The fraction of sp³-hybridized carbons (Fsp3) is 0.235. The summed E-state index contributed by atoms with van der Waals surface area (Å²) >= 11 is 0. The summed E-state index contributed by atoms with van der Waals surface area (Å²) in [6.07, 6.45) is 0.597. The number of fused-ring (bicyclic) bond motifs is 1. The molecule has 96 valence electrons. The van der Waals surface area contributed by atoms with Gasteiger partial charge in [-0.05, 0) is 42.2 Å². The van der Waals surface area contributed by atoms with Crippen molar-refractivity contribution in [3.8, 4) is 0 Å². The quantitative estimate of drug-likeness (QED) is 0.722. The molecule has 1 aliphatic rings. The molecule has 0 spiro atoms. The normalized spacial score (nSPS) is 17.8. The van der Waals surface area contributed by atoms with E-state index in [1.54, 1.807) is 0 Å². The molecular formula is C17H16O2. The lowest BCUT2D eigenvalue weighted by molar-refractivity contribution is 0.0252. The van der Waals surface area contributed by atoms with Crippen LogP contribution in [0.3, 0.4) is 0 Å². The third-order valence-corrected chi connectivity index (χ3v) is 3.65. The van der Waals surface area contributed by atoms with Gasteiger partial charge in [-0.3, -0.25) is 0 Å². The standard InChI is InChI=1S/C17H16O2/c1-11-8-12(2)14-10-16(13-6-4-3-5-7-13)19-17(18)15(14)9-11/h3-9,16H,10H2,1-2H3. The second kappa shape index (κ2) is 4.54. The molecule has 0 saturated heterocycles. The average molecular weight is 252 g/mol. The summed E-state index contributed by atoms with van der Waals surface area (Å²) in [5.74, 6) is -0.207. The average Bonchev–Trinajstić information content (AvgIpc) is 2.41. The van der Waals surface area contributed by atoms with E-state index < -0.39 is 0 Å². The molecule has 0 bridgehead atoms. The Kier molecular flexibility index (Phi) is 2.86. The lowest BCUT2D eigenvalue weighted by Crippen LogP contribution is -2.22. The topological polar surface area (TPSA) is 26.3 Å². The van der Waals surface area contributed by atoms with Crippen LogP contribution in [0.5, 0.6) is 0 Å². The molecule has 0 aromatic heterocycles. The summed E-state index contributed by atoms with van der Waals surface area (Å²) in [6, 6.07) is 14.0. The number of ether oxygens (including phenoxy) is 1. The highest BCUT2D eigenvalue weighted by atomic mass is 16.5. The Balaban J connectivity index is 2.03. The van der Waals surface area contributed by atoms with Crippen LogP contribution in [0.15, 0.2) is 42.5 Å². The van der Waals surface area contributed by atoms with E-state index in [2.05, 4.69) is 13.0 Å². The van der Waals surface area contributed by atoms with Gasteiger partial charge < -0.3 is 4.74 Å². The van der Waals surface area contributed by atoms with Crippen molar-refractivity contribution in [2.45, 2.75) is 26.4 Å². The first-order chi connectivity index (χ1) is 9.15. The Bertz CT molecular complexity index is 629. The largest absolute Gasteiger partial charge is 0.454 e. The number of hydrogen-bond donors (Lipinski definition) is 0. The van der Waals surface area contributed by atoms with Gasteiger partial charge in [0.2, 0.25) is 0 Å². The molecule has 0 aliphatic carbocycles. The SMILES string of the molecule is Cc1cc(C)c2c(c1)C(=O)OC(c1ccccc1)C2. The van der Waals surface area contributed by atoms with E-state index >= 15 is 0 Å². The van der Waals surface area contributed by atoms with Gasteiger partial charge in [-0.15, -0.1) is 0 Å². The van der Waals surface area contributed by atoms with E-state index in [1.165, 1.54) is 5.56 Å². The molecule has 0 fully saturated rings. The first-order valence-electron chi connectivity index (χ1n) is 6.51. The summed E-state index contributed by atoms with van der Waals surface area (Å²) in [5.41, 5.74) is 5.18. The molecule has 2 aromatic carbocycles. The molecule has 19 heavy (non-hydrogen) atoms. The van der Waals surface area contributed by atoms with E-state index in [0.29, 0.717) is 0 Å². The minimum atomic E-state index is -0.207. The zero-order valence-corrected chi connectivity index (χ0v) is 11.1. The van der Waals surface area contributed by atoms with Gasteiger partial charge in [0.15, 0.2) is 0 Å². The number of esters is 1. The van der Waals surface area contributed by atoms with Crippen LogP contribution in [0.2, 0.25) is 0 Å². The van der Waals surface area contributed by atoms with E-state index in [0.717, 1.165) is 28.7 Å². The maximum Gasteiger partial charge on any atom is 0.339 e. The fourth-order valence-electron chi connectivity index (χ4n) is 2.72. The highest BCUT2D eigenvalue weighted by Gasteiger charge is 2.28. The maximum absolute atomic E-state index is 12.2. The van der Waals surface area contributed by atoms with Crippen molar-refractivity contribution in [3.63, 3.8) is 0 Å². The minimum absolute atomic E-state index is 0.164. The minimum Gasteiger partial charge on any atom is -0.454 e. The van der Waals surface area contributed by atoms with Gasteiger partial charge in [-0.25, -0.2) is 4.79 Å². The first kappa shape index (κ1) is 12.0. The smallest absolute Gasteiger partial charge is 0.339 e. The van der Waals surface area contributed by atoms with Gasteiger partial charge in [-0.1, -0.05) is 36.4 Å². The molecule has 3 rings (SSSR count). The molecule has 2 heteroatoms. The molecule has 2 nitrogen and oxygen atoms in total. The molecular weight excluding hydrogens is 236 g/mol. The number of carbonyl (C=O) groups is 1. The summed E-state index contributed by atoms with van der Waals surface area (Å²) in [6.45, 7) is 4.07. The van der Waals surface area contributed by atoms with Crippen molar-refractivity contribution in [2.24, 2.45) is 0 Å². The van der Waals surface area contributed by atoms with Gasteiger partial charge >= 0.3 is 5.97 Å². The summed E-state index contributed by atoms with van der Waals surface area (Å²) in [7, 11) is 0. The Hall–Kier alpha value is -2.09. The third kappa shape index (κ3) is 2.14. The van der Waals surface area contributed by atoms with Gasteiger partial charge in [0.05, 0.1) is 5.56 Å². The zero-order chi connectivity index (χ0) is 13.4. The van der Waals surface area contributed by atoms with Crippen molar-refractivity contribution in [1.29, 1.82) is 0 Å². The zero-order valence-electron chi connectivity index (χ0n) is 11.1. The molecule has 2 aromatic rings. The Morgan fingerprint density at radius 2 is 1.84 bits per heavy atom. The fourth-order valence-corrected chi connectivity index (χ4v) is 2.72. The van der Waals surface area contributed by atoms with Crippen molar-refractivity contribution < 1.29 is 9.53 Å². The second-order valence-corrected chi connectivity index (χ2v) is 5.12. The third-order valence-electron chi connectivity index (χ3n) is 3.65. The van der Waals surface area contributed by atoms with Crippen LogP contribution < -0.4 is 0 Å². The Morgan fingerprint density at radius 1 is 1.11 bits per heavy atom. The molecule has 0 saturated carbocycles. The molecule has 1 heterocycles. The molecule has 1 atom stereocenters. The summed E-state index contributed by atoms with van der Waals surface area (Å²) in [5, 5.41) is 0. The predicted octanol–water partition coefficient (Wildman–Crippen LogP) is 3.76. The lowest BCUT2D eigenvalue weighted by atomic mass is 9.90. The molecule has 1 unspecified atom stereocenters. The van der Waals surface area contributed by atoms with Crippen LogP contribution in [0.1, 0.15) is 38.7 Å². The van der Waals surface area contributed by atoms with Crippen LogP contribution in [0.4, 0.5) is 0 Å². The highest BCUT2D eigenvalue weighted by Crippen LogP contribution is 2.32. The Morgan fingerprint density at radius 3 is 2.58 bits per heavy atom. The van der Waals surface area contributed by atoms with E-state index in [9.17, 15) is 4.79 Å². The lowest BCUT2D eigenvalue weighted by Gasteiger charge is -2.26. The van der Waals surface area contributed by atoms with Gasteiger partial charge in [0.1, 0.15) is 6.10 Å². The number of cyclic esters (lactones) is 1. The predicted molar refractivity (Wildman–Crippen MR) is 74.2 cm³/mol. The number of carbonyl (C=O) groups excluding carboxylic acids is 1. The van der Waals surface area contributed by atoms with E-state index in [-0.39, 0.29) is 12.1 Å². The van der Waals surface area contributed by atoms with Gasteiger partial charge in [0.25, 0.3) is 0 Å². The van der Waals surface area contributed by atoms with Crippen molar-refractivity contribution >= 4 is 5.97 Å². The van der Waals surface area contributed by atoms with Gasteiger partial charge in [0, 0.05) is 6.42 Å². The number of hydrogen-bond acceptors (Lipinski definition) is 2. The number of rotatable bonds is 1. The maximum atomic E-state index is 12.2. The molecule has 0 radical (unpaired) electrons. The van der Waals surface area contributed by atoms with Crippen LogP contribution in [-0.4, -0.2) is 5.97 Å². The van der Waals surface area contributed by atoms with Crippen molar-refractivity contribution in [3.05, 3.63) is 70.3 Å². The van der Waals surface area contributed by atoms with Crippen LogP contribution in [0.25, 0.3) is 0 Å². The van der Waals surface area contributed by atoms with E-state index in [1.807, 2.05) is 43.3 Å². The molecule has 1 aliphatic heterocycles. The summed E-state index contributed by atoms with van der Waals surface area (Å²) in [4.78, 5) is 12.2. The van der Waals surface area contributed by atoms with Gasteiger partial charge in [-0.2, -0.15) is 0 Å². The van der Waals surface area contributed by atoms with E-state index in [4.69, 9.17) is 4.74 Å². The highest BCUT2D eigenvalue weighted by molar-refractivity contribution is 5.93. The second-order valence-electron chi connectivity index (χ2n) is 5.12. The number of benzene rings is 2. The van der Waals surface area contributed by atoms with Crippen molar-refractivity contribution in [1.82, 2.24) is 0 Å².